The number of methoxy groups -OCH3 is 1. The monoisotopic (exact) mass is 319 g/mol. The molecule has 1 aliphatic rings. The largest absolute Gasteiger partial charge is 0.383 e. The van der Waals surface area contributed by atoms with E-state index < -0.39 is 11.8 Å². The number of carbonyl (C=O) groups is 3. The molecule has 0 atom stereocenters. The summed E-state index contributed by atoms with van der Waals surface area (Å²) in [5.74, 6) is -1.39. The Bertz CT molecular complexity index is 588. The highest BCUT2D eigenvalue weighted by Crippen LogP contribution is 2.23. The van der Waals surface area contributed by atoms with Crippen molar-refractivity contribution < 1.29 is 19.1 Å². The number of anilines is 2. The molecule has 0 radical (unpaired) electrons. The van der Waals surface area contributed by atoms with E-state index in [0.717, 1.165) is 18.5 Å². The Morgan fingerprint density at radius 3 is 2.83 bits per heavy atom. The van der Waals surface area contributed by atoms with Gasteiger partial charge in [-0.25, -0.2) is 0 Å². The fourth-order valence-electron chi connectivity index (χ4n) is 2.37. The lowest BCUT2D eigenvalue weighted by Crippen LogP contribution is -2.37. The van der Waals surface area contributed by atoms with Crippen molar-refractivity contribution in [2.45, 2.75) is 19.3 Å². The van der Waals surface area contributed by atoms with Crippen LogP contribution >= 0.6 is 0 Å². The maximum absolute atomic E-state index is 11.9. The van der Waals surface area contributed by atoms with Gasteiger partial charge in [0.05, 0.1) is 6.61 Å². The summed E-state index contributed by atoms with van der Waals surface area (Å²) in [6.45, 7) is 1.28. The van der Waals surface area contributed by atoms with Crippen LogP contribution in [0.25, 0.3) is 0 Å². The van der Waals surface area contributed by atoms with Crippen molar-refractivity contribution in [3.63, 3.8) is 0 Å². The number of amides is 3. The van der Waals surface area contributed by atoms with E-state index in [-0.39, 0.29) is 12.5 Å². The Morgan fingerprint density at radius 1 is 1.26 bits per heavy atom. The molecule has 0 spiro atoms. The van der Waals surface area contributed by atoms with Crippen LogP contribution in [0.1, 0.15) is 19.3 Å². The molecule has 1 aromatic carbocycles. The average molecular weight is 319 g/mol. The molecule has 1 fully saturated rings. The molecule has 2 rings (SSSR count). The smallest absolute Gasteiger partial charge is 0.313 e. The molecule has 2 N–H and O–H groups in total. The number of piperidine rings is 1. The van der Waals surface area contributed by atoms with Crippen LogP contribution in [0.4, 0.5) is 11.4 Å². The predicted octanol–water partition coefficient (Wildman–Crippen LogP) is 0.905. The Morgan fingerprint density at radius 2 is 2.09 bits per heavy atom. The van der Waals surface area contributed by atoms with Crippen LogP contribution in [0.15, 0.2) is 24.3 Å². The topological polar surface area (TPSA) is 87.7 Å². The summed E-state index contributed by atoms with van der Waals surface area (Å²) in [6, 6.07) is 6.94. The zero-order valence-corrected chi connectivity index (χ0v) is 13.1. The molecule has 0 aliphatic carbocycles. The van der Waals surface area contributed by atoms with Gasteiger partial charge in [0.15, 0.2) is 0 Å². The van der Waals surface area contributed by atoms with E-state index in [1.165, 1.54) is 7.11 Å². The number of ether oxygens (including phenoxy) is 1. The number of hydrogen-bond acceptors (Lipinski definition) is 4. The van der Waals surface area contributed by atoms with E-state index >= 15 is 0 Å². The molecule has 0 bridgehead atoms. The van der Waals surface area contributed by atoms with Crippen LogP contribution in [0, 0.1) is 0 Å². The first-order valence-corrected chi connectivity index (χ1v) is 7.60. The van der Waals surface area contributed by atoms with Crippen LogP contribution in [0.5, 0.6) is 0 Å². The van der Waals surface area contributed by atoms with Crippen molar-refractivity contribution in [1.82, 2.24) is 5.32 Å². The summed E-state index contributed by atoms with van der Waals surface area (Å²) in [5.41, 5.74) is 1.21. The molecule has 23 heavy (non-hydrogen) atoms. The van der Waals surface area contributed by atoms with Gasteiger partial charge >= 0.3 is 11.8 Å². The molecule has 7 heteroatoms. The molecule has 0 saturated carbocycles. The number of benzene rings is 1. The third-order valence-corrected chi connectivity index (χ3v) is 3.54. The van der Waals surface area contributed by atoms with Gasteiger partial charge in [-0.15, -0.1) is 0 Å². The summed E-state index contributed by atoms with van der Waals surface area (Å²) >= 11 is 0. The van der Waals surface area contributed by atoms with E-state index in [4.69, 9.17) is 4.74 Å². The normalized spacial score (nSPS) is 14.5. The Kier molecular flexibility index (Phi) is 6.10. The minimum Gasteiger partial charge on any atom is -0.383 e. The molecule has 1 aliphatic heterocycles. The van der Waals surface area contributed by atoms with Crippen LogP contribution in [-0.2, 0) is 19.1 Å². The summed E-state index contributed by atoms with van der Waals surface area (Å²) in [5, 5.41) is 4.98. The van der Waals surface area contributed by atoms with Gasteiger partial charge in [-0.05, 0) is 31.0 Å². The first-order valence-electron chi connectivity index (χ1n) is 7.60. The van der Waals surface area contributed by atoms with Crippen molar-refractivity contribution in [2.75, 3.05) is 37.0 Å². The zero-order valence-electron chi connectivity index (χ0n) is 13.1. The van der Waals surface area contributed by atoms with Gasteiger partial charge in [0.25, 0.3) is 0 Å². The molecular weight excluding hydrogens is 298 g/mol. The number of carbonyl (C=O) groups excluding carboxylic acids is 3. The minimum atomic E-state index is -0.747. The molecule has 1 saturated heterocycles. The molecular formula is C16H21N3O4. The van der Waals surface area contributed by atoms with Gasteiger partial charge in [-0.1, -0.05) is 6.07 Å². The van der Waals surface area contributed by atoms with Gasteiger partial charge in [0.2, 0.25) is 5.91 Å². The van der Waals surface area contributed by atoms with Crippen molar-refractivity contribution in [1.29, 1.82) is 0 Å². The van der Waals surface area contributed by atoms with E-state index in [9.17, 15) is 14.4 Å². The van der Waals surface area contributed by atoms with Gasteiger partial charge < -0.3 is 20.3 Å². The first kappa shape index (κ1) is 17.0. The highest BCUT2D eigenvalue weighted by atomic mass is 16.5. The molecule has 0 aromatic heterocycles. The standard InChI is InChI=1S/C16H21N3O4/c1-23-10-8-17-15(21)16(22)18-12-5-4-6-13(11-12)19-9-3-2-7-14(19)20/h4-6,11H,2-3,7-10H2,1H3,(H,17,21)(H,18,22). The lowest BCUT2D eigenvalue weighted by atomic mass is 10.1. The van der Waals surface area contributed by atoms with Crippen molar-refractivity contribution in [3.8, 4) is 0 Å². The summed E-state index contributed by atoms with van der Waals surface area (Å²) in [4.78, 5) is 37.1. The van der Waals surface area contributed by atoms with Crippen molar-refractivity contribution >= 4 is 29.1 Å². The van der Waals surface area contributed by atoms with Gasteiger partial charge in [-0.2, -0.15) is 0 Å². The summed E-state index contributed by atoms with van der Waals surface area (Å²) < 4.78 is 4.80. The quantitative estimate of drug-likeness (QED) is 0.623. The van der Waals surface area contributed by atoms with E-state index in [0.29, 0.717) is 25.3 Å². The van der Waals surface area contributed by atoms with Crippen molar-refractivity contribution in [2.24, 2.45) is 0 Å². The van der Waals surface area contributed by atoms with Gasteiger partial charge in [0.1, 0.15) is 0 Å². The molecule has 1 heterocycles. The van der Waals surface area contributed by atoms with Crippen LogP contribution in [0.2, 0.25) is 0 Å². The lowest BCUT2D eigenvalue weighted by molar-refractivity contribution is -0.136. The van der Waals surface area contributed by atoms with E-state index in [1.54, 1.807) is 23.1 Å². The summed E-state index contributed by atoms with van der Waals surface area (Å²) in [6.07, 6.45) is 2.41. The minimum absolute atomic E-state index is 0.0806. The van der Waals surface area contributed by atoms with Crippen molar-refractivity contribution in [3.05, 3.63) is 24.3 Å². The SMILES string of the molecule is COCCNC(=O)C(=O)Nc1cccc(N2CCCCC2=O)c1. The van der Waals surface area contributed by atoms with Crippen LogP contribution in [0.3, 0.4) is 0 Å². The fourth-order valence-corrected chi connectivity index (χ4v) is 2.37. The Hall–Kier alpha value is -2.41. The Labute approximate surface area is 135 Å². The second-order valence-electron chi connectivity index (χ2n) is 5.26. The number of rotatable bonds is 5. The molecule has 1 aromatic rings. The maximum atomic E-state index is 11.9. The number of nitrogens with one attached hydrogen (secondary N) is 2. The van der Waals surface area contributed by atoms with E-state index in [1.807, 2.05) is 6.07 Å². The zero-order chi connectivity index (χ0) is 16.7. The predicted molar refractivity (Wildman–Crippen MR) is 86.2 cm³/mol. The maximum Gasteiger partial charge on any atom is 0.313 e. The lowest BCUT2D eigenvalue weighted by Gasteiger charge is -2.27. The average Bonchev–Trinajstić information content (AvgIpc) is 2.55. The second-order valence-corrected chi connectivity index (χ2v) is 5.26. The molecule has 7 nitrogen and oxygen atoms in total. The fraction of sp³-hybridized carbons (Fsp3) is 0.438. The number of hydrogen-bond donors (Lipinski definition) is 2. The highest BCUT2D eigenvalue weighted by molar-refractivity contribution is 6.39. The molecule has 124 valence electrons. The third-order valence-electron chi connectivity index (χ3n) is 3.54. The first-order chi connectivity index (χ1) is 11.1. The van der Waals surface area contributed by atoms with Crippen LogP contribution < -0.4 is 15.5 Å². The Balaban J connectivity index is 1.98. The van der Waals surface area contributed by atoms with Crippen LogP contribution in [-0.4, -0.2) is 44.5 Å². The van der Waals surface area contributed by atoms with Gasteiger partial charge in [0, 0.05) is 38.0 Å². The van der Waals surface area contributed by atoms with E-state index in [2.05, 4.69) is 10.6 Å². The summed E-state index contributed by atoms with van der Waals surface area (Å²) in [7, 11) is 1.51. The third kappa shape index (κ3) is 4.79. The second kappa shape index (κ2) is 8.28. The van der Waals surface area contributed by atoms with Gasteiger partial charge in [-0.3, -0.25) is 14.4 Å². The molecule has 3 amide bonds. The highest BCUT2D eigenvalue weighted by Gasteiger charge is 2.20. The molecule has 0 unspecified atom stereocenters. The number of nitrogens with zero attached hydrogens (tertiary/aromatic N) is 1.